The Kier molecular flexibility index (Phi) is 5.92. The molecule has 2 fully saturated rings. The number of benzene rings is 1. The average molecular weight is 377 g/mol. The third-order valence-electron chi connectivity index (χ3n) is 5.31. The summed E-state index contributed by atoms with van der Waals surface area (Å²) in [5, 5.41) is 14.3. The number of nitrogens with one attached hydrogen (secondary N) is 2. The Labute approximate surface area is 158 Å². The molecular weight excluding hydrogens is 352 g/mol. The second kappa shape index (κ2) is 8.19. The predicted octanol–water partition coefficient (Wildman–Crippen LogP) is 1.51. The fourth-order valence-electron chi connectivity index (χ4n) is 3.81. The number of rotatable bonds is 5. The summed E-state index contributed by atoms with van der Waals surface area (Å²) in [7, 11) is 0. The minimum absolute atomic E-state index is 0.178. The van der Waals surface area contributed by atoms with Crippen LogP contribution in [0.1, 0.15) is 24.9 Å². The fourth-order valence-corrected chi connectivity index (χ4v) is 3.81. The Bertz CT molecular complexity index is 697. The van der Waals surface area contributed by atoms with Crippen molar-refractivity contribution in [2.45, 2.75) is 31.4 Å². The highest BCUT2D eigenvalue weighted by atomic mass is 19.3. The van der Waals surface area contributed by atoms with Crippen molar-refractivity contribution in [3.05, 3.63) is 29.8 Å². The lowest BCUT2D eigenvalue weighted by atomic mass is 10.0. The van der Waals surface area contributed by atoms with Crippen molar-refractivity contribution < 1.29 is 13.6 Å². The molecule has 3 rings (SSSR count). The minimum atomic E-state index is -2.91. The van der Waals surface area contributed by atoms with Crippen LogP contribution in [0.4, 0.5) is 14.5 Å². The van der Waals surface area contributed by atoms with E-state index in [2.05, 4.69) is 15.5 Å². The molecule has 1 aromatic rings. The summed E-state index contributed by atoms with van der Waals surface area (Å²) in [4.78, 5) is 16.1. The zero-order valence-electron chi connectivity index (χ0n) is 15.4. The topological polar surface area (TPSA) is 71.4 Å². The number of likely N-dealkylation sites (tertiary alicyclic amines) is 1. The van der Waals surface area contributed by atoms with Gasteiger partial charge in [-0.05, 0) is 24.6 Å². The number of nitriles is 1. The molecule has 1 unspecified atom stereocenters. The van der Waals surface area contributed by atoms with Gasteiger partial charge in [0.15, 0.2) is 0 Å². The van der Waals surface area contributed by atoms with Gasteiger partial charge in [-0.25, -0.2) is 8.78 Å². The SMILES string of the molecule is C[C@@H](c1ccc(N2CCNCC2)cc1)N1CC(F)(F)CC1C(=O)NCC#N. The van der Waals surface area contributed by atoms with Crippen LogP contribution in [-0.4, -0.2) is 62.0 Å². The fraction of sp³-hybridized carbons (Fsp3) is 0.579. The smallest absolute Gasteiger partial charge is 0.262 e. The van der Waals surface area contributed by atoms with E-state index in [1.165, 1.54) is 4.90 Å². The maximum atomic E-state index is 14.0. The molecule has 0 radical (unpaired) electrons. The summed E-state index contributed by atoms with van der Waals surface area (Å²) < 4.78 is 28.0. The molecule has 2 saturated heterocycles. The monoisotopic (exact) mass is 377 g/mol. The van der Waals surface area contributed by atoms with Crippen LogP contribution >= 0.6 is 0 Å². The molecular formula is C19H25F2N5O. The van der Waals surface area contributed by atoms with Crippen molar-refractivity contribution in [2.24, 2.45) is 0 Å². The molecule has 2 atom stereocenters. The number of nitrogens with zero attached hydrogens (tertiary/aromatic N) is 3. The second-order valence-electron chi connectivity index (χ2n) is 7.13. The highest BCUT2D eigenvalue weighted by molar-refractivity contribution is 5.82. The van der Waals surface area contributed by atoms with Crippen LogP contribution in [0.3, 0.4) is 0 Å². The molecule has 27 heavy (non-hydrogen) atoms. The molecule has 146 valence electrons. The summed E-state index contributed by atoms with van der Waals surface area (Å²) in [5.74, 6) is -3.43. The van der Waals surface area contributed by atoms with E-state index in [-0.39, 0.29) is 12.6 Å². The number of amides is 1. The van der Waals surface area contributed by atoms with Crippen LogP contribution in [-0.2, 0) is 4.79 Å². The molecule has 1 aromatic carbocycles. The number of piperazine rings is 1. The van der Waals surface area contributed by atoms with Gasteiger partial charge in [0, 0.05) is 44.3 Å². The number of hydrogen-bond donors (Lipinski definition) is 2. The molecule has 2 aliphatic rings. The first kappa shape index (κ1) is 19.5. The van der Waals surface area contributed by atoms with Gasteiger partial charge in [0.25, 0.3) is 5.92 Å². The normalized spacial score (nSPS) is 23.6. The zero-order chi connectivity index (χ0) is 19.4. The Hall–Kier alpha value is -2.24. The Balaban J connectivity index is 1.73. The van der Waals surface area contributed by atoms with Crippen LogP contribution in [0.15, 0.2) is 24.3 Å². The first-order valence-electron chi connectivity index (χ1n) is 9.25. The van der Waals surface area contributed by atoms with Crippen molar-refractivity contribution in [3.8, 4) is 6.07 Å². The molecule has 1 amide bonds. The van der Waals surface area contributed by atoms with Gasteiger partial charge in [-0.2, -0.15) is 5.26 Å². The predicted molar refractivity (Wildman–Crippen MR) is 98.6 cm³/mol. The van der Waals surface area contributed by atoms with E-state index in [1.807, 2.05) is 37.3 Å². The molecule has 0 spiro atoms. The van der Waals surface area contributed by atoms with E-state index < -0.39 is 30.8 Å². The third-order valence-corrected chi connectivity index (χ3v) is 5.31. The van der Waals surface area contributed by atoms with Gasteiger partial charge in [-0.15, -0.1) is 0 Å². The van der Waals surface area contributed by atoms with Crippen LogP contribution < -0.4 is 15.5 Å². The van der Waals surface area contributed by atoms with Crippen LogP contribution in [0.25, 0.3) is 0 Å². The van der Waals surface area contributed by atoms with E-state index in [1.54, 1.807) is 0 Å². The lowest BCUT2D eigenvalue weighted by molar-refractivity contribution is -0.126. The number of halogens is 2. The van der Waals surface area contributed by atoms with Crippen LogP contribution in [0.5, 0.6) is 0 Å². The number of hydrogen-bond acceptors (Lipinski definition) is 5. The second-order valence-corrected chi connectivity index (χ2v) is 7.13. The molecule has 8 heteroatoms. The van der Waals surface area contributed by atoms with Crippen molar-refractivity contribution in [1.29, 1.82) is 5.26 Å². The Morgan fingerprint density at radius 3 is 2.67 bits per heavy atom. The zero-order valence-corrected chi connectivity index (χ0v) is 15.4. The van der Waals surface area contributed by atoms with E-state index in [4.69, 9.17) is 5.26 Å². The van der Waals surface area contributed by atoms with Gasteiger partial charge < -0.3 is 15.5 Å². The Morgan fingerprint density at radius 1 is 1.37 bits per heavy atom. The third kappa shape index (κ3) is 4.54. The summed E-state index contributed by atoms with van der Waals surface area (Å²) in [5.41, 5.74) is 2.01. The molecule has 6 nitrogen and oxygen atoms in total. The highest BCUT2D eigenvalue weighted by Gasteiger charge is 2.49. The van der Waals surface area contributed by atoms with Crippen LogP contribution in [0.2, 0.25) is 0 Å². The van der Waals surface area contributed by atoms with Gasteiger partial charge in [-0.3, -0.25) is 9.69 Å². The molecule has 0 saturated carbocycles. The minimum Gasteiger partial charge on any atom is -0.369 e. The summed E-state index contributed by atoms with van der Waals surface area (Å²) in [6, 6.07) is 8.46. The van der Waals surface area contributed by atoms with Gasteiger partial charge in [-0.1, -0.05) is 12.1 Å². The van der Waals surface area contributed by atoms with Crippen molar-refractivity contribution in [2.75, 3.05) is 44.2 Å². The lowest BCUT2D eigenvalue weighted by Crippen LogP contribution is -2.44. The standard InChI is InChI=1S/C19H25F2N5O/c1-14(15-2-4-16(5-3-15)25-10-8-23-9-11-25)26-13-19(20,21)12-17(26)18(27)24-7-6-22/h2-5,14,17,23H,7-13H2,1H3,(H,24,27)/t14-,17?/m0/s1. The van der Waals surface area contributed by atoms with Gasteiger partial charge in [0.1, 0.15) is 6.54 Å². The van der Waals surface area contributed by atoms with Gasteiger partial charge in [0.05, 0.1) is 18.7 Å². The van der Waals surface area contributed by atoms with Gasteiger partial charge >= 0.3 is 0 Å². The molecule has 0 aromatic heterocycles. The molecule has 2 aliphatic heterocycles. The molecule has 2 N–H and O–H groups in total. The number of carbonyl (C=O) groups is 1. The number of carbonyl (C=O) groups excluding carboxylic acids is 1. The number of alkyl halides is 2. The summed E-state index contributed by atoms with van der Waals surface area (Å²) in [6.07, 6.45) is -0.520. The van der Waals surface area contributed by atoms with Crippen LogP contribution in [0, 0.1) is 11.3 Å². The lowest BCUT2D eigenvalue weighted by Gasteiger charge is -2.31. The maximum Gasteiger partial charge on any atom is 0.262 e. The Morgan fingerprint density at radius 2 is 2.04 bits per heavy atom. The summed E-state index contributed by atoms with van der Waals surface area (Å²) >= 11 is 0. The van der Waals surface area contributed by atoms with E-state index in [0.29, 0.717) is 0 Å². The van der Waals surface area contributed by atoms with Crippen molar-refractivity contribution in [1.82, 2.24) is 15.5 Å². The maximum absolute atomic E-state index is 14.0. The molecule has 0 aliphatic carbocycles. The van der Waals surface area contributed by atoms with Gasteiger partial charge in [0.2, 0.25) is 5.91 Å². The highest BCUT2D eigenvalue weighted by Crippen LogP contribution is 2.38. The molecule has 0 bridgehead atoms. The van der Waals surface area contributed by atoms with E-state index in [0.717, 1.165) is 37.4 Å². The van der Waals surface area contributed by atoms with E-state index in [9.17, 15) is 13.6 Å². The summed E-state index contributed by atoms with van der Waals surface area (Å²) in [6.45, 7) is 4.97. The quantitative estimate of drug-likeness (QED) is 0.761. The first-order valence-corrected chi connectivity index (χ1v) is 9.25. The largest absolute Gasteiger partial charge is 0.369 e. The average Bonchev–Trinajstić information content (AvgIpc) is 3.02. The van der Waals surface area contributed by atoms with Crippen molar-refractivity contribution >= 4 is 11.6 Å². The number of anilines is 1. The van der Waals surface area contributed by atoms with E-state index >= 15 is 0 Å². The van der Waals surface area contributed by atoms with Crippen molar-refractivity contribution in [3.63, 3.8) is 0 Å². The molecule has 2 heterocycles. The first-order chi connectivity index (χ1) is 12.9.